The number of anilines is 2. The second-order valence-electron chi connectivity index (χ2n) is 4.32. The first kappa shape index (κ1) is 12.4. The van der Waals surface area contributed by atoms with Gasteiger partial charge in [0.25, 0.3) is 0 Å². The molecule has 0 radical (unpaired) electrons. The minimum atomic E-state index is -0.217. The van der Waals surface area contributed by atoms with Crippen molar-refractivity contribution in [3.05, 3.63) is 53.5 Å². The van der Waals surface area contributed by atoms with Gasteiger partial charge in [0.15, 0.2) is 0 Å². The third-order valence-corrected chi connectivity index (χ3v) is 2.82. The molecule has 1 heterocycles. The predicted molar refractivity (Wildman–Crippen MR) is 71.8 cm³/mol. The van der Waals surface area contributed by atoms with Crippen LogP contribution in [0.25, 0.3) is 0 Å². The summed E-state index contributed by atoms with van der Waals surface area (Å²) in [6, 6.07) is 8.40. The average Bonchev–Trinajstić information content (AvgIpc) is 2.33. The zero-order valence-electron chi connectivity index (χ0n) is 10.4. The highest BCUT2D eigenvalue weighted by atomic mass is 19.1. The maximum absolute atomic E-state index is 13.6. The maximum atomic E-state index is 13.6. The first-order valence-electron chi connectivity index (χ1n) is 5.81. The van der Waals surface area contributed by atoms with E-state index in [1.807, 2.05) is 26.0 Å². The summed E-state index contributed by atoms with van der Waals surface area (Å²) in [5.74, 6) is 0.505. The molecule has 1 aromatic carbocycles. The minimum absolute atomic E-state index is 0.152. The Hall–Kier alpha value is -2.10. The summed E-state index contributed by atoms with van der Waals surface area (Å²) in [4.78, 5) is 4.21. The number of nitrogens with one attached hydrogen (secondary N) is 1. The Balaban J connectivity index is 2.21. The van der Waals surface area contributed by atoms with Crippen LogP contribution >= 0.6 is 0 Å². The van der Waals surface area contributed by atoms with E-state index >= 15 is 0 Å². The molecule has 3 N–H and O–H groups in total. The van der Waals surface area contributed by atoms with Gasteiger partial charge in [-0.3, -0.25) is 0 Å². The maximum Gasteiger partial charge on any atom is 0.129 e. The number of hydrogen-bond donors (Lipinski definition) is 2. The summed E-state index contributed by atoms with van der Waals surface area (Å²) in [7, 11) is 0. The van der Waals surface area contributed by atoms with Crippen LogP contribution in [0.1, 0.15) is 24.1 Å². The van der Waals surface area contributed by atoms with Crippen LogP contribution in [0.2, 0.25) is 0 Å². The van der Waals surface area contributed by atoms with Crippen molar-refractivity contribution in [3.63, 3.8) is 0 Å². The van der Waals surface area contributed by atoms with Crippen molar-refractivity contribution >= 4 is 11.5 Å². The molecule has 0 aliphatic rings. The number of benzene rings is 1. The summed E-state index contributed by atoms with van der Waals surface area (Å²) in [6.07, 6.45) is 1.59. The number of nitrogens with zero attached hydrogens (tertiary/aromatic N) is 1. The molecule has 0 bridgehead atoms. The fourth-order valence-corrected chi connectivity index (χ4v) is 1.86. The van der Waals surface area contributed by atoms with E-state index in [9.17, 15) is 4.39 Å². The number of pyridine rings is 1. The molecule has 18 heavy (non-hydrogen) atoms. The van der Waals surface area contributed by atoms with E-state index in [0.717, 1.165) is 11.4 Å². The second kappa shape index (κ2) is 5.04. The van der Waals surface area contributed by atoms with Gasteiger partial charge in [0.05, 0.1) is 17.9 Å². The number of nitrogens with two attached hydrogens (primary N) is 1. The fourth-order valence-electron chi connectivity index (χ4n) is 1.86. The number of halogens is 1. The standard InChI is InChI=1S/C14H16FN3/c1-9-7-11(16)8-17-14(9)18-10(2)12-5-3-4-6-13(12)15/h3-8,10H,16H2,1-2H3,(H,17,18). The van der Waals surface area contributed by atoms with Crippen LogP contribution in [-0.2, 0) is 0 Å². The molecule has 1 unspecified atom stereocenters. The zero-order chi connectivity index (χ0) is 13.1. The predicted octanol–water partition coefficient (Wildman–Crippen LogP) is 3.28. The Kier molecular flexibility index (Phi) is 3.46. The fraction of sp³-hybridized carbons (Fsp3) is 0.214. The zero-order valence-corrected chi connectivity index (χ0v) is 10.4. The van der Waals surface area contributed by atoms with Gasteiger partial charge in [-0.2, -0.15) is 0 Å². The van der Waals surface area contributed by atoms with Crippen molar-refractivity contribution in [3.8, 4) is 0 Å². The number of aromatic nitrogens is 1. The van der Waals surface area contributed by atoms with E-state index < -0.39 is 0 Å². The highest BCUT2D eigenvalue weighted by molar-refractivity contribution is 5.51. The van der Waals surface area contributed by atoms with E-state index in [1.54, 1.807) is 18.3 Å². The third kappa shape index (κ3) is 2.59. The Morgan fingerprint density at radius 1 is 1.33 bits per heavy atom. The van der Waals surface area contributed by atoms with E-state index in [2.05, 4.69) is 10.3 Å². The molecule has 1 aromatic heterocycles. The molecule has 0 spiro atoms. The summed E-state index contributed by atoms with van der Waals surface area (Å²) in [5.41, 5.74) is 7.83. The molecule has 0 saturated carbocycles. The van der Waals surface area contributed by atoms with Gasteiger partial charge < -0.3 is 11.1 Å². The molecule has 0 aliphatic carbocycles. The van der Waals surface area contributed by atoms with Gasteiger partial charge >= 0.3 is 0 Å². The number of hydrogen-bond acceptors (Lipinski definition) is 3. The molecule has 4 heteroatoms. The summed E-state index contributed by atoms with van der Waals surface area (Å²) in [6.45, 7) is 3.82. The molecule has 94 valence electrons. The quantitative estimate of drug-likeness (QED) is 0.872. The average molecular weight is 245 g/mol. The van der Waals surface area contributed by atoms with Crippen molar-refractivity contribution in [2.75, 3.05) is 11.1 Å². The monoisotopic (exact) mass is 245 g/mol. The van der Waals surface area contributed by atoms with Crippen LogP contribution in [0.4, 0.5) is 15.9 Å². The lowest BCUT2D eigenvalue weighted by molar-refractivity contribution is 0.600. The van der Waals surface area contributed by atoms with Gasteiger partial charge in [-0.05, 0) is 31.5 Å². The van der Waals surface area contributed by atoms with Gasteiger partial charge in [0.2, 0.25) is 0 Å². The Bertz CT molecular complexity index is 554. The Morgan fingerprint density at radius 3 is 2.72 bits per heavy atom. The highest BCUT2D eigenvalue weighted by Gasteiger charge is 2.11. The van der Waals surface area contributed by atoms with Crippen molar-refractivity contribution in [2.45, 2.75) is 19.9 Å². The first-order chi connectivity index (χ1) is 8.58. The molecule has 2 aromatic rings. The van der Waals surface area contributed by atoms with Crippen LogP contribution in [0.15, 0.2) is 36.5 Å². The van der Waals surface area contributed by atoms with Crippen LogP contribution in [0.5, 0.6) is 0 Å². The topological polar surface area (TPSA) is 50.9 Å². The van der Waals surface area contributed by atoms with Gasteiger partial charge in [-0.1, -0.05) is 18.2 Å². The molecular weight excluding hydrogens is 229 g/mol. The van der Waals surface area contributed by atoms with Crippen LogP contribution in [0.3, 0.4) is 0 Å². The Labute approximate surface area is 106 Å². The molecule has 2 rings (SSSR count). The second-order valence-corrected chi connectivity index (χ2v) is 4.32. The number of rotatable bonds is 3. The van der Waals surface area contributed by atoms with Gasteiger partial charge in [-0.15, -0.1) is 0 Å². The van der Waals surface area contributed by atoms with Gasteiger partial charge in [0.1, 0.15) is 11.6 Å². The van der Waals surface area contributed by atoms with E-state index in [-0.39, 0.29) is 11.9 Å². The van der Waals surface area contributed by atoms with Crippen molar-refractivity contribution in [1.29, 1.82) is 0 Å². The van der Waals surface area contributed by atoms with Crippen LogP contribution < -0.4 is 11.1 Å². The normalized spacial score (nSPS) is 12.2. The SMILES string of the molecule is Cc1cc(N)cnc1NC(C)c1ccccc1F. The lowest BCUT2D eigenvalue weighted by atomic mass is 10.1. The van der Waals surface area contributed by atoms with E-state index in [1.165, 1.54) is 6.07 Å². The molecular formula is C14H16FN3. The van der Waals surface area contributed by atoms with Gasteiger partial charge in [0, 0.05) is 5.56 Å². The van der Waals surface area contributed by atoms with Crippen molar-refractivity contribution in [1.82, 2.24) is 4.98 Å². The number of nitrogen functional groups attached to an aromatic ring is 1. The molecule has 0 amide bonds. The highest BCUT2D eigenvalue weighted by Crippen LogP contribution is 2.22. The summed E-state index contributed by atoms with van der Waals surface area (Å²) >= 11 is 0. The van der Waals surface area contributed by atoms with Gasteiger partial charge in [-0.25, -0.2) is 9.37 Å². The van der Waals surface area contributed by atoms with E-state index in [0.29, 0.717) is 11.3 Å². The van der Waals surface area contributed by atoms with E-state index in [4.69, 9.17) is 5.73 Å². The molecule has 3 nitrogen and oxygen atoms in total. The smallest absolute Gasteiger partial charge is 0.129 e. The first-order valence-corrected chi connectivity index (χ1v) is 5.81. The lowest BCUT2D eigenvalue weighted by Crippen LogP contribution is -2.10. The molecule has 0 fully saturated rings. The lowest BCUT2D eigenvalue weighted by Gasteiger charge is -2.17. The third-order valence-electron chi connectivity index (χ3n) is 2.82. The van der Waals surface area contributed by atoms with Crippen LogP contribution in [0, 0.1) is 12.7 Å². The molecule has 0 aliphatic heterocycles. The van der Waals surface area contributed by atoms with Crippen LogP contribution in [-0.4, -0.2) is 4.98 Å². The minimum Gasteiger partial charge on any atom is -0.397 e. The number of aryl methyl sites for hydroxylation is 1. The Morgan fingerprint density at radius 2 is 2.06 bits per heavy atom. The summed E-state index contributed by atoms with van der Waals surface area (Å²) < 4.78 is 13.6. The summed E-state index contributed by atoms with van der Waals surface area (Å²) in [5, 5.41) is 3.19. The van der Waals surface area contributed by atoms with Crippen molar-refractivity contribution in [2.24, 2.45) is 0 Å². The largest absolute Gasteiger partial charge is 0.397 e. The van der Waals surface area contributed by atoms with Crippen molar-refractivity contribution < 1.29 is 4.39 Å². The molecule has 1 atom stereocenters. The molecule has 0 saturated heterocycles.